The summed E-state index contributed by atoms with van der Waals surface area (Å²) in [6.45, 7) is 5.83. The van der Waals surface area contributed by atoms with Gasteiger partial charge in [0.25, 0.3) is 0 Å². The third-order valence-corrected chi connectivity index (χ3v) is 3.45. The molecule has 0 amide bonds. The summed E-state index contributed by atoms with van der Waals surface area (Å²) in [5, 5.41) is 0. The maximum Gasteiger partial charge on any atom is 0.310 e. The summed E-state index contributed by atoms with van der Waals surface area (Å²) in [6, 6.07) is 0. The molecule has 3 aliphatic rings. The maximum atomic E-state index is 11.8. The van der Waals surface area contributed by atoms with Crippen molar-refractivity contribution in [2.24, 2.45) is 17.8 Å². The van der Waals surface area contributed by atoms with E-state index in [9.17, 15) is 4.79 Å². The average molecular weight is 196 g/mol. The van der Waals surface area contributed by atoms with Gasteiger partial charge in [-0.2, -0.15) is 0 Å². The van der Waals surface area contributed by atoms with Crippen LogP contribution in [0, 0.1) is 17.8 Å². The predicted molar refractivity (Wildman–Crippen MR) is 54.8 cm³/mol. The highest BCUT2D eigenvalue weighted by atomic mass is 16.6. The van der Waals surface area contributed by atoms with Crippen molar-refractivity contribution in [1.82, 2.24) is 0 Å². The van der Waals surface area contributed by atoms with Crippen LogP contribution in [-0.4, -0.2) is 11.6 Å². The molecule has 2 atom stereocenters. The monoisotopic (exact) mass is 196 g/mol. The van der Waals surface area contributed by atoms with Gasteiger partial charge < -0.3 is 4.74 Å². The van der Waals surface area contributed by atoms with Crippen LogP contribution in [0.4, 0.5) is 0 Å². The highest BCUT2D eigenvalue weighted by Crippen LogP contribution is 2.51. The summed E-state index contributed by atoms with van der Waals surface area (Å²) in [5.41, 5.74) is -0.318. The van der Waals surface area contributed by atoms with Gasteiger partial charge in [0.05, 0.1) is 5.92 Å². The summed E-state index contributed by atoms with van der Waals surface area (Å²) >= 11 is 0. The molecular formula is C12H20O2. The SMILES string of the molecule is CC(C)(C)OC(=O)C1C2CCCC1C2. The minimum Gasteiger partial charge on any atom is -0.460 e. The summed E-state index contributed by atoms with van der Waals surface area (Å²) < 4.78 is 5.44. The zero-order valence-electron chi connectivity index (χ0n) is 9.38. The zero-order chi connectivity index (χ0) is 10.3. The molecule has 0 heterocycles. The van der Waals surface area contributed by atoms with Gasteiger partial charge in [-0.25, -0.2) is 0 Å². The van der Waals surface area contributed by atoms with Crippen LogP contribution in [0.3, 0.4) is 0 Å². The fraction of sp³-hybridized carbons (Fsp3) is 0.917. The number of carbonyl (C=O) groups excluding carboxylic acids is 1. The molecule has 0 aliphatic heterocycles. The first-order valence-corrected chi connectivity index (χ1v) is 5.70. The second-order valence-corrected chi connectivity index (χ2v) is 5.75. The Kier molecular flexibility index (Phi) is 2.32. The molecular weight excluding hydrogens is 176 g/mol. The lowest BCUT2D eigenvalue weighted by Gasteiger charge is -2.48. The van der Waals surface area contributed by atoms with Crippen LogP contribution in [0.1, 0.15) is 46.5 Å². The fourth-order valence-electron chi connectivity index (χ4n) is 2.86. The lowest BCUT2D eigenvalue weighted by molar-refractivity contribution is -0.174. The second-order valence-electron chi connectivity index (χ2n) is 5.75. The number of hydrogen-bond donors (Lipinski definition) is 0. The van der Waals surface area contributed by atoms with Gasteiger partial charge in [0, 0.05) is 0 Å². The second kappa shape index (κ2) is 3.25. The van der Waals surface area contributed by atoms with Crippen molar-refractivity contribution in [1.29, 1.82) is 0 Å². The number of rotatable bonds is 1. The van der Waals surface area contributed by atoms with Gasteiger partial charge in [0.1, 0.15) is 5.60 Å². The molecule has 2 nitrogen and oxygen atoms in total. The predicted octanol–water partition coefficient (Wildman–Crippen LogP) is 2.76. The van der Waals surface area contributed by atoms with Crippen LogP contribution in [0.25, 0.3) is 0 Å². The van der Waals surface area contributed by atoms with E-state index < -0.39 is 0 Å². The smallest absolute Gasteiger partial charge is 0.310 e. The molecule has 0 N–H and O–H groups in total. The van der Waals surface area contributed by atoms with E-state index in [0.717, 1.165) is 0 Å². The molecule has 3 aliphatic carbocycles. The third kappa shape index (κ3) is 1.79. The molecule has 0 saturated heterocycles. The standard InChI is InChI=1S/C12H20O2/c1-12(2,3)14-11(13)10-8-5-4-6-9(10)7-8/h8-10H,4-7H2,1-3H3. The molecule has 0 aromatic rings. The van der Waals surface area contributed by atoms with Crippen LogP contribution in [0.2, 0.25) is 0 Å². The van der Waals surface area contributed by atoms with E-state index in [2.05, 4.69) is 0 Å². The first-order chi connectivity index (χ1) is 6.47. The molecule has 0 spiro atoms. The molecule has 2 heteroatoms. The van der Waals surface area contributed by atoms with Crippen LogP contribution < -0.4 is 0 Å². The minimum absolute atomic E-state index is 0.0541. The molecule has 2 bridgehead atoms. The van der Waals surface area contributed by atoms with Crippen molar-refractivity contribution < 1.29 is 9.53 Å². The van der Waals surface area contributed by atoms with Gasteiger partial charge in [-0.1, -0.05) is 6.42 Å². The number of hydrogen-bond acceptors (Lipinski definition) is 2. The number of ether oxygens (including phenoxy) is 1. The Bertz CT molecular complexity index is 225. The molecule has 3 fully saturated rings. The Balaban J connectivity index is 1.93. The van der Waals surface area contributed by atoms with Crippen molar-refractivity contribution in [3.63, 3.8) is 0 Å². The van der Waals surface area contributed by atoms with E-state index in [0.29, 0.717) is 11.8 Å². The zero-order valence-corrected chi connectivity index (χ0v) is 9.38. The lowest BCUT2D eigenvalue weighted by atomic mass is 9.57. The number of carbonyl (C=O) groups is 1. The van der Waals surface area contributed by atoms with Gasteiger partial charge in [0.2, 0.25) is 0 Å². The van der Waals surface area contributed by atoms with E-state index in [1.165, 1.54) is 25.7 Å². The van der Waals surface area contributed by atoms with Crippen molar-refractivity contribution in [3.05, 3.63) is 0 Å². The Morgan fingerprint density at radius 2 is 1.79 bits per heavy atom. The van der Waals surface area contributed by atoms with Crippen LogP contribution in [-0.2, 0) is 9.53 Å². The third-order valence-electron chi connectivity index (χ3n) is 3.45. The summed E-state index contributed by atoms with van der Waals surface area (Å²) in [4.78, 5) is 11.8. The molecule has 0 aromatic heterocycles. The number of fused-ring (bicyclic) bond motifs is 2. The van der Waals surface area contributed by atoms with E-state index >= 15 is 0 Å². The highest BCUT2D eigenvalue weighted by molar-refractivity contribution is 5.75. The van der Waals surface area contributed by atoms with Crippen molar-refractivity contribution in [2.75, 3.05) is 0 Å². The summed E-state index contributed by atoms with van der Waals surface area (Å²) in [7, 11) is 0. The molecule has 0 radical (unpaired) electrons. The van der Waals surface area contributed by atoms with Crippen LogP contribution >= 0.6 is 0 Å². The molecule has 3 saturated carbocycles. The van der Waals surface area contributed by atoms with Crippen LogP contribution in [0.15, 0.2) is 0 Å². The molecule has 2 unspecified atom stereocenters. The summed E-state index contributed by atoms with van der Waals surface area (Å²) in [5.74, 6) is 1.58. The van der Waals surface area contributed by atoms with E-state index in [-0.39, 0.29) is 17.5 Å². The molecule has 3 rings (SSSR count). The van der Waals surface area contributed by atoms with Crippen molar-refractivity contribution >= 4 is 5.97 Å². The molecule has 80 valence electrons. The quantitative estimate of drug-likeness (QED) is 0.603. The Hall–Kier alpha value is -0.530. The fourth-order valence-corrected chi connectivity index (χ4v) is 2.86. The van der Waals surface area contributed by atoms with Gasteiger partial charge in [-0.3, -0.25) is 4.79 Å². The first-order valence-electron chi connectivity index (χ1n) is 5.70. The molecule has 14 heavy (non-hydrogen) atoms. The largest absolute Gasteiger partial charge is 0.460 e. The Morgan fingerprint density at radius 3 is 2.21 bits per heavy atom. The normalized spacial score (nSPS) is 36.1. The lowest BCUT2D eigenvalue weighted by Crippen LogP contribution is -2.47. The van der Waals surface area contributed by atoms with Gasteiger partial charge >= 0.3 is 5.97 Å². The average Bonchev–Trinajstić information content (AvgIpc) is 2.01. The number of esters is 1. The highest BCUT2D eigenvalue weighted by Gasteiger charge is 2.49. The topological polar surface area (TPSA) is 26.3 Å². The van der Waals surface area contributed by atoms with Crippen molar-refractivity contribution in [2.45, 2.75) is 52.1 Å². The van der Waals surface area contributed by atoms with Crippen LogP contribution in [0.5, 0.6) is 0 Å². The van der Waals surface area contributed by atoms with Gasteiger partial charge in [-0.15, -0.1) is 0 Å². The van der Waals surface area contributed by atoms with Crippen molar-refractivity contribution in [3.8, 4) is 0 Å². The Morgan fingerprint density at radius 1 is 1.21 bits per heavy atom. The van der Waals surface area contributed by atoms with Gasteiger partial charge in [0.15, 0.2) is 0 Å². The van der Waals surface area contributed by atoms with E-state index in [1.807, 2.05) is 20.8 Å². The van der Waals surface area contributed by atoms with Gasteiger partial charge in [-0.05, 0) is 51.9 Å². The first kappa shape index (κ1) is 10.0. The van der Waals surface area contributed by atoms with E-state index in [1.54, 1.807) is 0 Å². The maximum absolute atomic E-state index is 11.8. The minimum atomic E-state index is -0.318. The van der Waals surface area contributed by atoms with E-state index in [4.69, 9.17) is 4.74 Å². The Labute approximate surface area is 86.0 Å². The summed E-state index contributed by atoms with van der Waals surface area (Å²) in [6.07, 6.45) is 5.05. The molecule has 0 aromatic carbocycles.